The first-order valence-corrected chi connectivity index (χ1v) is 10.2. The summed E-state index contributed by atoms with van der Waals surface area (Å²) in [6.07, 6.45) is 5.61. The molecule has 4 aliphatic rings. The molecule has 1 saturated carbocycles. The largest absolute Gasteiger partial charge is 0.490 e. The van der Waals surface area contributed by atoms with Gasteiger partial charge in [-0.25, -0.2) is 0 Å². The van der Waals surface area contributed by atoms with E-state index < -0.39 is 0 Å². The molecule has 6 nitrogen and oxygen atoms in total. The quantitative estimate of drug-likeness (QED) is 0.812. The Kier molecular flexibility index (Phi) is 4.48. The van der Waals surface area contributed by atoms with Crippen LogP contribution in [-0.4, -0.2) is 62.0 Å². The Labute approximate surface area is 159 Å². The van der Waals surface area contributed by atoms with E-state index in [1.807, 2.05) is 17.0 Å². The molecule has 3 fully saturated rings. The first-order valence-electron chi connectivity index (χ1n) is 10.2. The van der Waals surface area contributed by atoms with Gasteiger partial charge < -0.3 is 23.8 Å². The van der Waals surface area contributed by atoms with Crippen molar-refractivity contribution in [2.75, 3.05) is 39.5 Å². The fourth-order valence-electron chi connectivity index (χ4n) is 4.17. The maximum absolute atomic E-state index is 12.9. The van der Waals surface area contributed by atoms with Gasteiger partial charge in [-0.3, -0.25) is 4.79 Å². The van der Waals surface area contributed by atoms with Crippen LogP contribution in [0.3, 0.4) is 0 Å². The van der Waals surface area contributed by atoms with Crippen molar-refractivity contribution < 1.29 is 23.7 Å². The number of likely N-dealkylation sites (tertiary alicyclic amines) is 1. The van der Waals surface area contributed by atoms with Crippen molar-refractivity contribution in [3.05, 3.63) is 23.8 Å². The van der Waals surface area contributed by atoms with E-state index in [1.165, 1.54) is 12.8 Å². The SMILES string of the molecule is O=C(c1ccc2c(c1)OCCCO2)N1CC2(C[C@@H](OCC3CC3)CCO2)C1. The first-order chi connectivity index (χ1) is 13.2. The Bertz CT molecular complexity index is 711. The number of ether oxygens (including phenoxy) is 4. The molecular formula is C21H27NO5. The van der Waals surface area contributed by atoms with Gasteiger partial charge in [-0.15, -0.1) is 0 Å². The van der Waals surface area contributed by atoms with Gasteiger partial charge in [0.25, 0.3) is 5.91 Å². The number of amides is 1. The summed E-state index contributed by atoms with van der Waals surface area (Å²) in [5.74, 6) is 2.19. The van der Waals surface area contributed by atoms with Gasteiger partial charge in [0.15, 0.2) is 11.5 Å². The lowest BCUT2D eigenvalue weighted by molar-refractivity contribution is -0.186. The van der Waals surface area contributed by atoms with E-state index in [0.717, 1.165) is 44.1 Å². The van der Waals surface area contributed by atoms with Gasteiger partial charge in [0.05, 0.1) is 32.4 Å². The second-order valence-electron chi connectivity index (χ2n) is 8.30. The van der Waals surface area contributed by atoms with Crippen LogP contribution in [0, 0.1) is 5.92 Å². The van der Waals surface area contributed by atoms with Gasteiger partial charge in [0.1, 0.15) is 5.60 Å². The fourth-order valence-corrected chi connectivity index (χ4v) is 4.17. The van der Waals surface area contributed by atoms with Gasteiger partial charge in [-0.1, -0.05) is 0 Å². The zero-order valence-corrected chi connectivity index (χ0v) is 15.7. The number of carbonyl (C=O) groups is 1. The van der Waals surface area contributed by atoms with Crippen LogP contribution in [0.1, 0.15) is 42.5 Å². The first kappa shape index (κ1) is 17.3. The van der Waals surface area contributed by atoms with Crippen molar-refractivity contribution in [3.8, 4) is 11.5 Å². The summed E-state index contributed by atoms with van der Waals surface area (Å²) in [6.45, 7) is 4.17. The zero-order valence-electron chi connectivity index (χ0n) is 15.7. The topological polar surface area (TPSA) is 57.2 Å². The number of fused-ring (bicyclic) bond motifs is 1. The van der Waals surface area contributed by atoms with Gasteiger partial charge in [0, 0.05) is 31.6 Å². The summed E-state index contributed by atoms with van der Waals surface area (Å²) in [6, 6.07) is 5.46. The van der Waals surface area contributed by atoms with Crippen LogP contribution in [0.15, 0.2) is 18.2 Å². The molecule has 0 N–H and O–H groups in total. The van der Waals surface area contributed by atoms with E-state index in [-0.39, 0.29) is 17.6 Å². The van der Waals surface area contributed by atoms with Crippen molar-refractivity contribution in [2.45, 2.75) is 43.8 Å². The molecule has 1 spiro atoms. The van der Waals surface area contributed by atoms with Crippen molar-refractivity contribution >= 4 is 5.91 Å². The summed E-state index contributed by atoms with van der Waals surface area (Å²) >= 11 is 0. The fraction of sp³-hybridized carbons (Fsp3) is 0.667. The Balaban J connectivity index is 1.20. The second-order valence-corrected chi connectivity index (χ2v) is 8.30. The van der Waals surface area contributed by atoms with Crippen molar-refractivity contribution in [1.29, 1.82) is 0 Å². The van der Waals surface area contributed by atoms with Crippen LogP contribution >= 0.6 is 0 Å². The predicted molar refractivity (Wildman–Crippen MR) is 98.3 cm³/mol. The molecule has 0 unspecified atom stereocenters. The maximum Gasteiger partial charge on any atom is 0.254 e. The standard InChI is InChI=1S/C21H27NO5/c23-20(16-4-5-18-19(10-16)25-8-1-7-24-18)22-13-21(14-22)11-17(6-9-27-21)26-12-15-2-3-15/h4-5,10,15,17H,1-3,6-9,11-14H2/t17-/m0/s1. The highest BCUT2D eigenvalue weighted by molar-refractivity contribution is 5.95. The van der Waals surface area contributed by atoms with E-state index in [1.54, 1.807) is 6.07 Å². The van der Waals surface area contributed by atoms with Crippen LogP contribution in [-0.2, 0) is 9.47 Å². The highest BCUT2D eigenvalue weighted by Gasteiger charge is 2.49. The number of carbonyl (C=O) groups excluding carboxylic acids is 1. The minimum atomic E-state index is -0.215. The number of hydrogen-bond acceptors (Lipinski definition) is 5. The van der Waals surface area contributed by atoms with E-state index >= 15 is 0 Å². The third kappa shape index (κ3) is 3.65. The third-order valence-electron chi connectivity index (χ3n) is 5.95. The molecule has 0 bridgehead atoms. The molecule has 1 aromatic rings. The summed E-state index contributed by atoms with van der Waals surface area (Å²) in [7, 11) is 0. The normalized spacial score (nSPS) is 26.4. The maximum atomic E-state index is 12.9. The summed E-state index contributed by atoms with van der Waals surface area (Å²) in [4.78, 5) is 14.7. The lowest BCUT2D eigenvalue weighted by atomic mass is 9.84. The highest BCUT2D eigenvalue weighted by atomic mass is 16.5. The van der Waals surface area contributed by atoms with Crippen LogP contribution in [0.2, 0.25) is 0 Å². The minimum Gasteiger partial charge on any atom is -0.490 e. The number of benzene rings is 1. The Hall–Kier alpha value is -1.79. The summed E-state index contributed by atoms with van der Waals surface area (Å²) in [5.41, 5.74) is 0.430. The molecule has 1 amide bonds. The van der Waals surface area contributed by atoms with Gasteiger partial charge >= 0.3 is 0 Å². The monoisotopic (exact) mass is 373 g/mol. The van der Waals surface area contributed by atoms with Crippen LogP contribution < -0.4 is 9.47 Å². The number of rotatable bonds is 4. The molecule has 1 aromatic carbocycles. The molecule has 3 aliphatic heterocycles. The average molecular weight is 373 g/mol. The molecule has 1 aliphatic carbocycles. The minimum absolute atomic E-state index is 0.0286. The van der Waals surface area contributed by atoms with Crippen molar-refractivity contribution in [3.63, 3.8) is 0 Å². The number of nitrogens with zero attached hydrogens (tertiary/aromatic N) is 1. The smallest absolute Gasteiger partial charge is 0.254 e. The lowest BCUT2D eigenvalue weighted by Crippen LogP contribution is -2.67. The van der Waals surface area contributed by atoms with Gasteiger partial charge in [-0.05, 0) is 43.4 Å². The second kappa shape index (κ2) is 6.99. The summed E-state index contributed by atoms with van der Waals surface area (Å²) in [5, 5.41) is 0. The van der Waals surface area contributed by atoms with Crippen molar-refractivity contribution in [1.82, 2.24) is 4.90 Å². The Morgan fingerprint density at radius 1 is 1.11 bits per heavy atom. The average Bonchev–Trinajstić information content (AvgIpc) is 3.50. The Morgan fingerprint density at radius 2 is 1.93 bits per heavy atom. The van der Waals surface area contributed by atoms with E-state index in [2.05, 4.69) is 0 Å². The Morgan fingerprint density at radius 3 is 2.74 bits per heavy atom. The zero-order chi connectivity index (χ0) is 18.3. The van der Waals surface area contributed by atoms with Gasteiger partial charge in [-0.2, -0.15) is 0 Å². The van der Waals surface area contributed by atoms with Crippen molar-refractivity contribution in [2.24, 2.45) is 5.92 Å². The molecule has 27 heavy (non-hydrogen) atoms. The number of hydrogen-bond donors (Lipinski definition) is 0. The lowest BCUT2D eigenvalue weighted by Gasteiger charge is -2.53. The van der Waals surface area contributed by atoms with E-state index in [0.29, 0.717) is 37.6 Å². The molecule has 6 heteroatoms. The molecule has 0 aromatic heterocycles. The van der Waals surface area contributed by atoms with Crippen LogP contribution in [0.25, 0.3) is 0 Å². The molecule has 2 saturated heterocycles. The van der Waals surface area contributed by atoms with Crippen LogP contribution in [0.5, 0.6) is 11.5 Å². The highest BCUT2D eigenvalue weighted by Crippen LogP contribution is 2.38. The van der Waals surface area contributed by atoms with E-state index in [4.69, 9.17) is 18.9 Å². The van der Waals surface area contributed by atoms with Crippen LogP contribution in [0.4, 0.5) is 0 Å². The summed E-state index contributed by atoms with van der Waals surface area (Å²) < 4.78 is 23.5. The molecular weight excluding hydrogens is 346 g/mol. The predicted octanol–water partition coefficient (Wildman–Crippen LogP) is 2.65. The molecule has 0 radical (unpaired) electrons. The molecule has 146 valence electrons. The molecule has 1 atom stereocenters. The molecule has 5 rings (SSSR count). The van der Waals surface area contributed by atoms with Gasteiger partial charge in [0.2, 0.25) is 0 Å². The third-order valence-corrected chi connectivity index (χ3v) is 5.95. The van der Waals surface area contributed by atoms with E-state index in [9.17, 15) is 4.79 Å². The molecule has 3 heterocycles.